The van der Waals surface area contributed by atoms with Gasteiger partial charge in [0, 0.05) is 12.4 Å². The molecule has 2 N–H and O–H groups in total. The van der Waals surface area contributed by atoms with Gasteiger partial charge in [0.05, 0.1) is 23.0 Å². The predicted molar refractivity (Wildman–Crippen MR) is 77.8 cm³/mol. The van der Waals surface area contributed by atoms with Crippen LogP contribution in [0.1, 0.15) is 31.2 Å². The molecule has 0 amide bonds. The number of hydrogen-bond acceptors (Lipinski definition) is 4. The summed E-state index contributed by atoms with van der Waals surface area (Å²) < 4.78 is 3.69. The van der Waals surface area contributed by atoms with Crippen LogP contribution in [0, 0.1) is 0 Å². The predicted octanol–water partition coefficient (Wildman–Crippen LogP) is 2.33. The van der Waals surface area contributed by atoms with Crippen molar-refractivity contribution in [3.63, 3.8) is 0 Å². The second-order valence-corrected chi connectivity index (χ2v) is 5.45. The zero-order chi connectivity index (χ0) is 14.3. The monoisotopic (exact) mass is 290 g/mol. The number of pyridine rings is 1. The van der Waals surface area contributed by atoms with Gasteiger partial charge in [-0.1, -0.05) is 30.7 Å². The quantitative estimate of drug-likeness (QED) is 0.803. The van der Waals surface area contributed by atoms with Gasteiger partial charge in [-0.2, -0.15) is 0 Å². The molecular formula is C13H15ClN6. The van der Waals surface area contributed by atoms with Crippen LogP contribution in [0.15, 0.2) is 24.5 Å². The van der Waals surface area contributed by atoms with E-state index in [0.29, 0.717) is 17.4 Å². The third-order valence-corrected chi connectivity index (χ3v) is 3.35. The van der Waals surface area contributed by atoms with E-state index in [-0.39, 0.29) is 5.92 Å². The molecule has 0 aliphatic rings. The normalized spacial score (nSPS) is 11.6. The highest BCUT2D eigenvalue weighted by Crippen LogP contribution is 2.20. The molecule has 0 spiro atoms. The Morgan fingerprint density at radius 1 is 1.30 bits per heavy atom. The number of imidazole rings is 1. The van der Waals surface area contributed by atoms with E-state index in [2.05, 4.69) is 29.1 Å². The van der Waals surface area contributed by atoms with Crippen LogP contribution in [-0.4, -0.2) is 24.4 Å². The fourth-order valence-corrected chi connectivity index (χ4v) is 2.46. The lowest BCUT2D eigenvalue weighted by Crippen LogP contribution is -2.09. The lowest BCUT2D eigenvalue weighted by atomic mass is 10.1. The van der Waals surface area contributed by atoms with E-state index in [9.17, 15) is 0 Å². The standard InChI is InChI=1S/C13H15ClN6/c1-8(2)12-13(15)17-18-20(12)7-10-6-19-5-9(14)3-4-11(19)16-10/h3-6,8H,7,15H2,1-2H3. The molecule has 20 heavy (non-hydrogen) atoms. The number of nitrogens with zero attached hydrogens (tertiary/aromatic N) is 5. The average Bonchev–Trinajstić information content (AvgIpc) is 2.92. The summed E-state index contributed by atoms with van der Waals surface area (Å²) in [5, 5.41) is 8.70. The van der Waals surface area contributed by atoms with Crippen LogP contribution in [0.3, 0.4) is 0 Å². The maximum atomic E-state index is 5.97. The summed E-state index contributed by atoms with van der Waals surface area (Å²) in [6.07, 6.45) is 3.76. The largest absolute Gasteiger partial charge is 0.381 e. The van der Waals surface area contributed by atoms with Gasteiger partial charge < -0.3 is 10.1 Å². The second kappa shape index (κ2) is 4.79. The number of nitrogens with two attached hydrogens (primary N) is 1. The molecule has 104 valence electrons. The van der Waals surface area contributed by atoms with Gasteiger partial charge in [0.2, 0.25) is 0 Å². The number of halogens is 1. The minimum Gasteiger partial charge on any atom is -0.381 e. The Labute approximate surface area is 121 Å². The van der Waals surface area contributed by atoms with E-state index in [4.69, 9.17) is 17.3 Å². The fraction of sp³-hybridized carbons (Fsp3) is 0.308. The van der Waals surface area contributed by atoms with Gasteiger partial charge in [0.25, 0.3) is 0 Å². The maximum absolute atomic E-state index is 5.97. The van der Waals surface area contributed by atoms with E-state index >= 15 is 0 Å². The summed E-state index contributed by atoms with van der Waals surface area (Å²) >= 11 is 5.97. The maximum Gasteiger partial charge on any atom is 0.169 e. The highest BCUT2D eigenvalue weighted by Gasteiger charge is 2.15. The number of aromatic nitrogens is 5. The summed E-state index contributed by atoms with van der Waals surface area (Å²) in [6.45, 7) is 4.67. The van der Waals surface area contributed by atoms with Crippen LogP contribution in [0.5, 0.6) is 0 Å². The van der Waals surface area contributed by atoms with E-state index in [1.807, 2.05) is 28.9 Å². The van der Waals surface area contributed by atoms with Crippen molar-refractivity contribution in [3.8, 4) is 0 Å². The smallest absolute Gasteiger partial charge is 0.169 e. The molecule has 0 aromatic carbocycles. The van der Waals surface area contributed by atoms with Crippen molar-refractivity contribution in [3.05, 3.63) is 40.9 Å². The van der Waals surface area contributed by atoms with Crippen LogP contribution in [0.4, 0.5) is 5.82 Å². The number of fused-ring (bicyclic) bond motifs is 1. The number of anilines is 1. The minimum atomic E-state index is 0.261. The molecule has 3 heterocycles. The number of nitrogen functional groups attached to an aromatic ring is 1. The summed E-state index contributed by atoms with van der Waals surface area (Å²) in [6, 6.07) is 3.70. The third-order valence-electron chi connectivity index (χ3n) is 3.12. The summed E-state index contributed by atoms with van der Waals surface area (Å²) in [4.78, 5) is 4.53. The molecule has 0 bridgehead atoms. The molecule has 3 aromatic rings. The zero-order valence-corrected chi connectivity index (χ0v) is 12.0. The molecule has 0 saturated heterocycles. The molecule has 3 aromatic heterocycles. The van der Waals surface area contributed by atoms with Gasteiger partial charge in [-0.3, -0.25) is 0 Å². The van der Waals surface area contributed by atoms with E-state index in [1.165, 1.54) is 0 Å². The van der Waals surface area contributed by atoms with Gasteiger partial charge >= 0.3 is 0 Å². The Kier molecular flexibility index (Phi) is 3.10. The molecule has 0 atom stereocenters. The second-order valence-electron chi connectivity index (χ2n) is 5.02. The molecule has 7 heteroatoms. The van der Waals surface area contributed by atoms with Crippen molar-refractivity contribution in [1.29, 1.82) is 0 Å². The van der Waals surface area contributed by atoms with Gasteiger partial charge in [0.1, 0.15) is 5.65 Å². The van der Waals surface area contributed by atoms with Gasteiger partial charge in [-0.15, -0.1) is 5.10 Å². The Bertz CT molecular complexity index is 757. The molecule has 0 aliphatic carbocycles. The van der Waals surface area contributed by atoms with Gasteiger partial charge in [-0.05, 0) is 18.1 Å². The molecule has 0 aliphatic heterocycles. The molecule has 0 radical (unpaired) electrons. The molecular weight excluding hydrogens is 276 g/mol. The topological polar surface area (TPSA) is 74.0 Å². The van der Waals surface area contributed by atoms with Crippen molar-refractivity contribution in [2.24, 2.45) is 0 Å². The third kappa shape index (κ3) is 2.22. The lowest BCUT2D eigenvalue weighted by molar-refractivity contribution is 0.592. The first-order valence-electron chi connectivity index (χ1n) is 6.36. The van der Waals surface area contributed by atoms with Crippen molar-refractivity contribution in [2.75, 3.05) is 5.73 Å². The minimum absolute atomic E-state index is 0.261. The molecule has 3 rings (SSSR count). The van der Waals surface area contributed by atoms with Gasteiger partial charge in [0.15, 0.2) is 5.82 Å². The van der Waals surface area contributed by atoms with Crippen molar-refractivity contribution in [2.45, 2.75) is 26.3 Å². The van der Waals surface area contributed by atoms with Crippen LogP contribution in [-0.2, 0) is 6.54 Å². The van der Waals surface area contributed by atoms with E-state index in [1.54, 1.807) is 4.68 Å². The summed E-state index contributed by atoms with van der Waals surface area (Å²) in [7, 11) is 0. The summed E-state index contributed by atoms with van der Waals surface area (Å²) in [5.41, 5.74) is 8.52. The average molecular weight is 291 g/mol. The zero-order valence-electron chi connectivity index (χ0n) is 11.3. The first kappa shape index (κ1) is 12.9. The van der Waals surface area contributed by atoms with E-state index in [0.717, 1.165) is 17.0 Å². The summed E-state index contributed by atoms with van der Waals surface area (Å²) in [5.74, 6) is 0.739. The van der Waals surface area contributed by atoms with Crippen LogP contribution in [0.25, 0.3) is 5.65 Å². The SMILES string of the molecule is CC(C)c1c(N)nnn1Cc1cn2cc(Cl)ccc2n1. The van der Waals surface area contributed by atoms with Crippen LogP contribution >= 0.6 is 11.6 Å². The van der Waals surface area contributed by atoms with Crippen molar-refractivity contribution >= 4 is 23.1 Å². The lowest BCUT2D eigenvalue weighted by Gasteiger charge is -2.07. The molecule has 0 unspecified atom stereocenters. The molecule has 0 fully saturated rings. The Morgan fingerprint density at radius 2 is 2.10 bits per heavy atom. The van der Waals surface area contributed by atoms with Crippen LogP contribution in [0.2, 0.25) is 5.02 Å². The highest BCUT2D eigenvalue weighted by molar-refractivity contribution is 6.30. The van der Waals surface area contributed by atoms with Crippen LogP contribution < -0.4 is 5.73 Å². The Morgan fingerprint density at radius 3 is 2.85 bits per heavy atom. The fourth-order valence-electron chi connectivity index (χ4n) is 2.29. The van der Waals surface area contributed by atoms with Crippen molar-refractivity contribution < 1.29 is 0 Å². The van der Waals surface area contributed by atoms with Crippen molar-refractivity contribution in [1.82, 2.24) is 24.4 Å². The van der Waals surface area contributed by atoms with E-state index < -0.39 is 0 Å². The number of hydrogen-bond donors (Lipinski definition) is 1. The first-order valence-corrected chi connectivity index (χ1v) is 6.74. The Balaban J connectivity index is 1.97. The van der Waals surface area contributed by atoms with Gasteiger partial charge in [-0.25, -0.2) is 9.67 Å². The highest BCUT2D eigenvalue weighted by atomic mass is 35.5. The molecule has 0 saturated carbocycles. The molecule has 6 nitrogen and oxygen atoms in total. The number of rotatable bonds is 3. The Hall–Kier alpha value is -2.08. The first-order chi connectivity index (χ1) is 9.54.